The fourth-order valence-electron chi connectivity index (χ4n) is 7.17. The van der Waals surface area contributed by atoms with Gasteiger partial charge in [0.15, 0.2) is 0 Å². The maximum absolute atomic E-state index is 2.40. The molecule has 0 amide bonds. The summed E-state index contributed by atoms with van der Waals surface area (Å²) in [4.78, 5) is 0. The van der Waals surface area contributed by atoms with Crippen LogP contribution in [-0.4, -0.2) is 9.13 Å². The highest BCUT2D eigenvalue weighted by molar-refractivity contribution is 6.13. The molecule has 0 fully saturated rings. The van der Waals surface area contributed by atoms with E-state index in [1.165, 1.54) is 88.4 Å². The number of hydrogen-bond acceptors (Lipinski definition) is 0. The van der Waals surface area contributed by atoms with Crippen LogP contribution in [0, 0.1) is 13.8 Å². The highest BCUT2D eigenvalue weighted by Gasteiger charge is 2.16. The summed E-state index contributed by atoms with van der Waals surface area (Å²) in [6, 6.07) is 57.7. The maximum Gasteiger partial charge on any atom is 0.0541 e. The van der Waals surface area contributed by atoms with Crippen LogP contribution in [0.4, 0.5) is 0 Å². The molecule has 0 bridgehead atoms. The minimum absolute atomic E-state index is 1.17. The van der Waals surface area contributed by atoms with Gasteiger partial charge >= 0.3 is 0 Å². The van der Waals surface area contributed by atoms with E-state index < -0.39 is 0 Å². The Kier molecular flexibility index (Phi) is 5.97. The largest absolute Gasteiger partial charge is 0.309 e. The molecule has 46 heavy (non-hydrogen) atoms. The Hall–Kier alpha value is -5.86. The second-order valence-electron chi connectivity index (χ2n) is 12.4. The van der Waals surface area contributed by atoms with Crippen LogP contribution >= 0.6 is 0 Å². The fourth-order valence-corrected chi connectivity index (χ4v) is 7.17. The van der Waals surface area contributed by atoms with Gasteiger partial charge in [0.1, 0.15) is 0 Å². The number of aromatic nitrogens is 2. The zero-order chi connectivity index (χ0) is 30.8. The van der Waals surface area contributed by atoms with Gasteiger partial charge in [-0.15, -0.1) is 0 Å². The monoisotopic (exact) mass is 588 g/mol. The molecule has 2 heterocycles. The molecule has 0 saturated carbocycles. The van der Waals surface area contributed by atoms with Crippen LogP contribution in [0.5, 0.6) is 0 Å². The highest BCUT2D eigenvalue weighted by Crippen LogP contribution is 2.39. The number of nitrogens with zero attached hydrogens (tertiary/aromatic N) is 2. The van der Waals surface area contributed by atoms with E-state index in [0.717, 1.165) is 0 Å². The smallest absolute Gasteiger partial charge is 0.0541 e. The van der Waals surface area contributed by atoms with Gasteiger partial charge in [-0.2, -0.15) is 0 Å². The molecule has 9 aromatic rings. The van der Waals surface area contributed by atoms with Crippen LogP contribution in [0.1, 0.15) is 11.1 Å². The summed E-state index contributed by atoms with van der Waals surface area (Å²) in [6.45, 7) is 4.37. The van der Waals surface area contributed by atoms with E-state index in [0.29, 0.717) is 0 Å². The van der Waals surface area contributed by atoms with E-state index in [4.69, 9.17) is 0 Å². The van der Waals surface area contributed by atoms with E-state index in [1.54, 1.807) is 0 Å². The molecule has 0 N–H and O–H groups in total. The molecule has 2 nitrogen and oxygen atoms in total. The van der Waals surface area contributed by atoms with Gasteiger partial charge < -0.3 is 9.13 Å². The maximum atomic E-state index is 2.40. The van der Waals surface area contributed by atoms with Gasteiger partial charge in [0.2, 0.25) is 0 Å². The van der Waals surface area contributed by atoms with Crippen molar-refractivity contribution in [3.8, 4) is 33.6 Å². The van der Waals surface area contributed by atoms with Crippen molar-refractivity contribution in [2.45, 2.75) is 13.8 Å². The third-order valence-electron chi connectivity index (χ3n) is 9.64. The lowest BCUT2D eigenvalue weighted by Crippen LogP contribution is -1.93. The zero-order valence-corrected chi connectivity index (χ0v) is 25.9. The molecule has 0 radical (unpaired) electrons. The van der Waals surface area contributed by atoms with Crippen molar-refractivity contribution in [2.24, 2.45) is 0 Å². The Morgan fingerprint density at radius 1 is 0.304 bits per heavy atom. The van der Waals surface area contributed by atoms with E-state index in [1.807, 2.05) is 0 Å². The van der Waals surface area contributed by atoms with Gasteiger partial charge in [-0.3, -0.25) is 0 Å². The van der Waals surface area contributed by atoms with Crippen molar-refractivity contribution in [3.05, 3.63) is 169 Å². The Labute approximate surface area is 268 Å². The molecule has 0 atom stereocenters. The summed E-state index contributed by atoms with van der Waals surface area (Å²) in [5.74, 6) is 0. The number of benzene rings is 7. The van der Waals surface area contributed by atoms with Gasteiger partial charge in [0.05, 0.1) is 22.1 Å². The number of fused-ring (bicyclic) bond motifs is 6. The molecule has 0 saturated heterocycles. The molecule has 0 aliphatic carbocycles. The third kappa shape index (κ3) is 4.11. The average Bonchev–Trinajstić information content (AvgIpc) is 3.62. The highest BCUT2D eigenvalue weighted by atomic mass is 15.0. The first kappa shape index (κ1) is 26.5. The zero-order valence-electron chi connectivity index (χ0n) is 25.9. The lowest BCUT2D eigenvalue weighted by atomic mass is 9.98. The van der Waals surface area contributed by atoms with E-state index >= 15 is 0 Å². The van der Waals surface area contributed by atoms with Crippen molar-refractivity contribution >= 4 is 43.6 Å². The SMILES string of the molecule is Cc1ccc(-c2ccc3c(c2)c2cc(-c4ccc5c(c4)c4ccccc4n5-c4ccccc4)ccc2n3-c2ccccc2)cc1C. The average molecular weight is 589 g/mol. The molecule has 0 aliphatic heterocycles. The molecule has 2 heteroatoms. The molecular weight excluding hydrogens is 556 g/mol. The van der Waals surface area contributed by atoms with E-state index in [-0.39, 0.29) is 0 Å². The molecule has 0 spiro atoms. The Balaban J connectivity index is 1.27. The lowest BCUT2D eigenvalue weighted by Gasteiger charge is -2.09. The Morgan fingerprint density at radius 2 is 0.696 bits per heavy atom. The van der Waals surface area contributed by atoms with E-state index in [2.05, 4.69) is 181 Å². The van der Waals surface area contributed by atoms with Crippen LogP contribution in [0.15, 0.2) is 158 Å². The third-order valence-corrected chi connectivity index (χ3v) is 9.64. The van der Waals surface area contributed by atoms with Crippen LogP contribution in [0.25, 0.3) is 77.2 Å². The minimum atomic E-state index is 1.17. The van der Waals surface area contributed by atoms with Gasteiger partial charge in [-0.05, 0) is 114 Å². The lowest BCUT2D eigenvalue weighted by molar-refractivity contribution is 1.18. The summed E-state index contributed by atoms with van der Waals surface area (Å²) in [5, 5.41) is 5.05. The van der Waals surface area contributed by atoms with Crippen molar-refractivity contribution in [2.75, 3.05) is 0 Å². The van der Waals surface area contributed by atoms with Gasteiger partial charge in [0, 0.05) is 32.9 Å². The summed E-state index contributed by atoms with van der Waals surface area (Å²) < 4.78 is 4.77. The fraction of sp³-hybridized carbons (Fsp3) is 0.0455. The number of hydrogen-bond donors (Lipinski definition) is 0. The molecule has 7 aromatic carbocycles. The predicted octanol–water partition coefficient (Wildman–Crippen LogP) is 11.8. The Bertz CT molecular complexity index is 2580. The first-order chi connectivity index (χ1) is 22.6. The van der Waals surface area contributed by atoms with Crippen LogP contribution in [-0.2, 0) is 0 Å². The number of para-hydroxylation sites is 3. The quantitative estimate of drug-likeness (QED) is 0.194. The number of aryl methyl sites for hydroxylation is 2. The van der Waals surface area contributed by atoms with Crippen LogP contribution in [0.3, 0.4) is 0 Å². The first-order valence-corrected chi connectivity index (χ1v) is 15.9. The van der Waals surface area contributed by atoms with E-state index in [9.17, 15) is 0 Å². The normalized spacial score (nSPS) is 11.7. The molecule has 0 aliphatic rings. The predicted molar refractivity (Wildman–Crippen MR) is 195 cm³/mol. The number of rotatable bonds is 4. The van der Waals surface area contributed by atoms with Crippen molar-refractivity contribution < 1.29 is 0 Å². The summed E-state index contributed by atoms with van der Waals surface area (Å²) in [5.41, 5.74) is 14.8. The standard InChI is InChI=1S/C44H32N2/c1-29-17-18-31(25-30(29)2)32-19-23-43-39(27-32)40-28-34(21-24-44(40)46(43)36-13-7-4-8-14-36)33-20-22-42-38(26-33)37-15-9-10-16-41(37)45(42)35-11-5-3-6-12-35/h3-28H,1-2H3. The molecular formula is C44H32N2. The molecule has 218 valence electrons. The van der Waals surface area contributed by atoms with Crippen LogP contribution < -0.4 is 0 Å². The molecule has 2 aromatic heterocycles. The second kappa shape index (κ2) is 10.4. The van der Waals surface area contributed by atoms with Crippen molar-refractivity contribution in [3.63, 3.8) is 0 Å². The van der Waals surface area contributed by atoms with Gasteiger partial charge in [-0.1, -0.05) is 91.0 Å². The summed E-state index contributed by atoms with van der Waals surface area (Å²) in [7, 11) is 0. The second-order valence-corrected chi connectivity index (χ2v) is 12.4. The molecule has 9 rings (SSSR count). The minimum Gasteiger partial charge on any atom is -0.309 e. The Morgan fingerprint density at radius 3 is 1.20 bits per heavy atom. The summed E-state index contributed by atoms with van der Waals surface area (Å²) >= 11 is 0. The van der Waals surface area contributed by atoms with Crippen molar-refractivity contribution in [1.82, 2.24) is 9.13 Å². The van der Waals surface area contributed by atoms with Crippen LogP contribution in [0.2, 0.25) is 0 Å². The summed E-state index contributed by atoms with van der Waals surface area (Å²) in [6.07, 6.45) is 0. The molecule has 0 unspecified atom stereocenters. The van der Waals surface area contributed by atoms with Gasteiger partial charge in [0.25, 0.3) is 0 Å². The first-order valence-electron chi connectivity index (χ1n) is 15.9. The van der Waals surface area contributed by atoms with Gasteiger partial charge in [-0.25, -0.2) is 0 Å². The van der Waals surface area contributed by atoms with Crippen molar-refractivity contribution in [1.29, 1.82) is 0 Å². The topological polar surface area (TPSA) is 9.86 Å².